The van der Waals surface area contributed by atoms with E-state index in [0.717, 1.165) is 11.4 Å². The number of ketones is 1. The van der Waals surface area contributed by atoms with E-state index in [9.17, 15) is 9.90 Å². The number of carbonyl (C=O) groups excluding carboxylic acids is 1. The van der Waals surface area contributed by atoms with Crippen molar-refractivity contribution in [3.05, 3.63) is 24.3 Å². The van der Waals surface area contributed by atoms with E-state index in [2.05, 4.69) is 5.32 Å². The van der Waals surface area contributed by atoms with E-state index in [1.165, 1.54) is 6.92 Å². The van der Waals surface area contributed by atoms with E-state index in [-0.39, 0.29) is 17.7 Å². The first-order valence-corrected chi connectivity index (χ1v) is 6.04. The largest absolute Gasteiger partial charge is 0.497 e. The zero-order chi connectivity index (χ0) is 13.7. The second kappa shape index (κ2) is 6.40. The molecule has 1 rings (SSSR count). The van der Waals surface area contributed by atoms with Gasteiger partial charge in [0.05, 0.1) is 13.2 Å². The van der Waals surface area contributed by atoms with Crippen LogP contribution in [0, 0.1) is 5.92 Å². The fraction of sp³-hybridized carbons (Fsp3) is 0.500. The van der Waals surface area contributed by atoms with Gasteiger partial charge in [-0.25, -0.2) is 0 Å². The van der Waals surface area contributed by atoms with Crippen molar-refractivity contribution < 1.29 is 14.6 Å². The van der Waals surface area contributed by atoms with Crippen molar-refractivity contribution in [2.45, 2.75) is 32.9 Å². The maximum Gasteiger partial charge on any atom is 0.160 e. The van der Waals surface area contributed by atoms with Crippen LogP contribution in [-0.4, -0.2) is 30.1 Å². The van der Waals surface area contributed by atoms with Gasteiger partial charge in [0, 0.05) is 5.69 Å². The van der Waals surface area contributed by atoms with Crippen molar-refractivity contribution in [1.82, 2.24) is 0 Å². The summed E-state index contributed by atoms with van der Waals surface area (Å²) >= 11 is 0. The first-order valence-electron chi connectivity index (χ1n) is 6.04. The molecule has 0 aliphatic heterocycles. The summed E-state index contributed by atoms with van der Waals surface area (Å²) < 4.78 is 5.08. The number of anilines is 1. The molecule has 0 aliphatic rings. The summed E-state index contributed by atoms with van der Waals surface area (Å²) in [4.78, 5) is 11.3. The van der Waals surface area contributed by atoms with Crippen LogP contribution in [0.1, 0.15) is 20.8 Å². The summed E-state index contributed by atoms with van der Waals surface area (Å²) in [7, 11) is 1.61. The molecule has 0 radical (unpaired) electrons. The Hall–Kier alpha value is -1.55. The number of Topliss-reactive ketones (excluding diaryl/α,β-unsaturated/α-hetero) is 1. The molecule has 0 saturated heterocycles. The number of methoxy groups -OCH3 is 1. The molecule has 0 aliphatic carbocycles. The molecule has 18 heavy (non-hydrogen) atoms. The van der Waals surface area contributed by atoms with Gasteiger partial charge in [-0.2, -0.15) is 0 Å². The average molecular weight is 251 g/mol. The van der Waals surface area contributed by atoms with E-state index in [1.807, 2.05) is 38.1 Å². The Bertz CT molecular complexity index is 387. The number of carbonyl (C=O) groups is 1. The number of rotatable bonds is 6. The van der Waals surface area contributed by atoms with Crippen LogP contribution in [-0.2, 0) is 4.79 Å². The summed E-state index contributed by atoms with van der Waals surface area (Å²) in [5, 5.41) is 13.1. The molecule has 4 heteroatoms. The summed E-state index contributed by atoms with van der Waals surface area (Å²) in [5.74, 6) is 0.689. The van der Waals surface area contributed by atoms with Crippen LogP contribution in [0.4, 0.5) is 5.69 Å². The first-order chi connectivity index (χ1) is 8.45. The molecule has 0 bridgehead atoms. The lowest BCUT2D eigenvalue weighted by molar-refractivity contribution is -0.126. The Kier molecular flexibility index (Phi) is 5.16. The van der Waals surface area contributed by atoms with Gasteiger partial charge < -0.3 is 15.2 Å². The summed E-state index contributed by atoms with van der Waals surface area (Å²) in [5.41, 5.74) is 0.856. The Morgan fingerprint density at radius 2 is 1.83 bits per heavy atom. The minimum atomic E-state index is -0.993. The molecular weight excluding hydrogens is 230 g/mol. The van der Waals surface area contributed by atoms with E-state index in [0.29, 0.717) is 0 Å². The van der Waals surface area contributed by atoms with Crippen molar-refractivity contribution in [3.8, 4) is 5.75 Å². The molecule has 2 N–H and O–H groups in total. The van der Waals surface area contributed by atoms with Crippen LogP contribution in [0.5, 0.6) is 5.75 Å². The number of aliphatic hydroxyl groups is 1. The lowest BCUT2D eigenvalue weighted by atomic mass is 9.96. The molecule has 0 aromatic heterocycles. The second-order valence-electron chi connectivity index (χ2n) is 4.70. The summed E-state index contributed by atoms with van der Waals surface area (Å²) in [6, 6.07) is 7.10. The zero-order valence-electron chi connectivity index (χ0n) is 11.3. The van der Waals surface area contributed by atoms with Gasteiger partial charge in [-0.05, 0) is 37.1 Å². The number of benzene rings is 1. The maximum absolute atomic E-state index is 11.3. The van der Waals surface area contributed by atoms with Gasteiger partial charge in [0.25, 0.3) is 0 Å². The van der Waals surface area contributed by atoms with Gasteiger partial charge in [-0.1, -0.05) is 13.8 Å². The predicted molar refractivity (Wildman–Crippen MR) is 71.9 cm³/mol. The van der Waals surface area contributed by atoms with Crippen molar-refractivity contribution in [2.24, 2.45) is 5.92 Å². The topological polar surface area (TPSA) is 58.6 Å². The van der Waals surface area contributed by atoms with Crippen LogP contribution in [0.25, 0.3) is 0 Å². The molecule has 0 fully saturated rings. The standard InChI is InChI=1S/C14H21NO3/c1-9(2)13(14(17)10(3)16)15-11-5-7-12(18-4)8-6-11/h5-9,13-15,17H,1-4H3/t13-,14-/m1/s1. The predicted octanol–water partition coefficient (Wildman–Crippen LogP) is 2.08. The molecule has 0 saturated carbocycles. The molecule has 0 amide bonds. The van der Waals surface area contributed by atoms with Crippen LogP contribution in [0.3, 0.4) is 0 Å². The third-order valence-electron chi connectivity index (χ3n) is 2.90. The van der Waals surface area contributed by atoms with Gasteiger partial charge in [0.15, 0.2) is 5.78 Å². The summed E-state index contributed by atoms with van der Waals surface area (Å²) in [6.45, 7) is 5.33. The van der Waals surface area contributed by atoms with Crippen LogP contribution >= 0.6 is 0 Å². The Morgan fingerprint density at radius 3 is 2.22 bits per heavy atom. The third kappa shape index (κ3) is 3.74. The molecule has 4 nitrogen and oxygen atoms in total. The Labute approximate surface area is 108 Å². The zero-order valence-corrected chi connectivity index (χ0v) is 11.3. The van der Waals surface area contributed by atoms with E-state index < -0.39 is 6.10 Å². The second-order valence-corrected chi connectivity index (χ2v) is 4.70. The highest BCUT2D eigenvalue weighted by Crippen LogP contribution is 2.19. The van der Waals surface area contributed by atoms with Crippen molar-refractivity contribution in [1.29, 1.82) is 0 Å². The van der Waals surface area contributed by atoms with Crippen molar-refractivity contribution in [3.63, 3.8) is 0 Å². The Balaban J connectivity index is 2.79. The number of hydrogen-bond acceptors (Lipinski definition) is 4. The van der Waals surface area contributed by atoms with Gasteiger partial charge in [0.1, 0.15) is 11.9 Å². The molecule has 0 heterocycles. The SMILES string of the molecule is COc1ccc(N[C@H](C(C)C)[C@H](O)C(C)=O)cc1. The highest BCUT2D eigenvalue weighted by Gasteiger charge is 2.25. The van der Waals surface area contributed by atoms with Gasteiger partial charge >= 0.3 is 0 Å². The highest BCUT2D eigenvalue weighted by atomic mass is 16.5. The minimum Gasteiger partial charge on any atom is -0.497 e. The normalized spacial score (nSPS) is 14.1. The molecule has 1 aromatic rings. The van der Waals surface area contributed by atoms with Gasteiger partial charge in [-0.3, -0.25) is 4.79 Å². The van der Waals surface area contributed by atoms with Crippen LogP contribution < -0.4 is 10.1 Å². The lowest BCUT2D eigenvalue weighted by Gasteiger charge is -2.27. The number of aliphatic hydroxyl groups excluding tert-OH is 1. The minimum absolute atomic E-state index is 0.144. The monoisotopic (exact) mass is 251 g/mol. The van der Waals surface area contributed by atoms with Crippen LogP contribution in [0.15, 0.2) is 24.3 Å². The molecule has 2 atom stereocenters. The van der Waals surface area contributed by atoms with E-state index in [1.54, 1.807) is 7.11 Å². The third-order valence-corrected chi connectivity index (χ3v) is 2.90. The fourth-order valence-corrected chi connectivity index (χ4v) is 1.74. The smallest absolute Gasteiger partial charge is 0.160 e. The van der Waals surface area contributed by atoms with Crippen molar-refractivity contribution >= 4 is 11.5 Å². The average Bonchev–Trinajstić information content (AvgIpc) is 2.35. The van der Waals surface area contributed by atoms with Crippen LogP contribution in [0.2, 0.25) is 0 Å². The molecule has 0 spiro atoms. The lowest BCUT2D eigenvalue weighted by Crippen LogP contribution is -2.42. The highest BCUT2D eigenvalue weighted by molar-refractivity contribution is 5.81. The molecule has 1 aromatic carbocycles. The number of ether oxygens (including phenoxy) is 1. The molecule has 0 unspecified atom stereocenters. The van der Waals surface area contributed by atoms with Crippen molar-refractivity contribution in [2.75, 3.05) is 12.4 Å². The fourth-order valence-electron chi connectivity index (χ4n) is 1.74. The molecular formula is C14H21NO3. The quantitative estimate of drug-likeness (QED) is 0.812. The first kappa shape index (κ1) is 14.5. The van der Waals surface area contributed by atoms with E-state index >= 15 is 0 Å². The summed E-state index contributed by atoms with van der Waals surface area (Å²) in [6.07, 6.45) is -0.993. The maximum atomic E-state index is 11.3. The Morgan fingerprint density at radius 1 is 1.28 bits per heavy atom. The van der Waals surface area contributed by atoms with E-state index in [4.69, 9.17) is 4.74 Å². The molecule has 100 valence electrons. The van der Waals surface area contributed by atoms with Gasteiger partial charge in [0.2, 0.25) is 0 Å². The number of hydrogen-bond donors (Lipinski definition) is 2. The number of nitrogens with one attached hydrogen (secondary N) is 1. The van der Waals surface area contributed by atoms with Gasteiger partial charge in [-0.15, -0.1) is 0 Å².